The molecule has 0 radical (unpaired) electrons. The Kier molecular flexibility index (Phi) is 5.97. The molecule has 0 unspecified atom stereocenters. The lowest BCUT2D eigenvalue weighted by atomic mass is 9.91. The molecule has 9 heteroatoms. The van der Waals surface area contributed by atoms with Crippen LogP contribution in [0, 0.1) is 24.5 Å². The SMILES string of the molecule is COC(=O)[C@H]1C[C@@H](C(=O)NCc2cn(C)nc2C)[C@@H](c2cccc(F)c2F)N1C. The average molecular weight is 406 g/mol. The first-order valence-corrected chi connectivity index (χ1v) is 9.25. The number of nitrogens with one attached hydrogen (secondary N) is 1. The fourth-order valence-electron chi connectivity index (χ4n) is 3.98. The molecule has 1 fully saturated rings. The first-order valence-electron chi connectivity index (χ1n) is 9.25. The third kappa shape index (κ3) is 4.00. The number of likely N-dealkylation sites (tertiary alicyclic amines) is 1. The molecule has 7 nitrogen and oxygen atoms in total. The van der Waals surface area contributed by atoms with Gasteiger partial charge in [0.1, 0.15) is 6.04 Å². The first-order chi connectivity index (χ1) is 13.7. The lowest BCUT2D eigenvalue weighted by Crippen LogP contribution is -2.36. The maximum Gasteiger partial charge on any atom is 0.323 e. The number of benzene rings is 1. The van der Waals surface area contributed by atoms with Gasteiger partial charge in [-0.2, -0.15) is 5.10 Å². The number of halogens is 2. The van der Waals surface area contributed by atoms with Crippen LogP contribution in [0.15, 0.2) is 24.4 Å². The van der Waals surface area contributed by atoms with E-state index in [4.69, 9.17) is 4.74 Å². The van der Waals surface area contributed by atoms with Crippen molar-refractivity contribution >= 4 is 11.9 Å². The van der Waals surface area contributed by atoms with Crippen molar-refractivity contribution in [3.63, 3.8) is 0 Å². The third-order valence-corrected chi connectivity index (χ3v) is 5.47. The molecule has 0 saturated carbocycles. The molecular weight excluding hydrogens is 382 g/mol. The molecule has 2 aromatic rings. The van der Waals surface area contributed by atoms with Crippen LogP contribution in [-0.4, -0.2) is 46.8 Å². The van der Waals surface area contributed by atoms with Crippen molar-refractivity contribution in [2.45, 2.75) is 32.0 Å². The van der Waals surface area contributed by atoms with E-state index in [0.29, 0.717) is 0 Å². The number of ether oxygens (including phenoxy) is 1. The smallest absolute Gasteiger partial charge is 0.323 e. The Morgan fingerprint density at radius 1 is 1.31 bits per heavy atom. The molecule has 29 heavy (non-hydrogen) atoms. The summed E-state index contributed by atoms with van der Waals surface area (Å²) in [5.41, 5.74) is 1.68. The summed E-state index contributed by atoms with van der Waals surface area (Å²) in [4.78, 5) is 26.7. The fourth-order valence-corrected chi connectivity index (χ4v) is 3.98. The van der Waals surface area contributed by atoms with Crippen LogP contribution in [0.2, 0.25) is 0 Å². The van der Waals surface area contributed by atoms with Crippen LogP contribution in [0.5, 0.6) is 0 Å². The Balaban J connectivity index is 1.88. The molecule has 0 bridgehead atoms. The van der Waals surface area contributed by atoms with E-state index >= 15 is 0 Å². The molecule has 1 aliphatic heterocycles. The number of esters is 1. The summed E-state index contributed by atoms with van der Waals surface area (Å²) in [6, 6.07) is 2.31. The summed E-state index contributed by atoms with van der Waals surface area (Å²) < 4.78 is 34.8. The van der Waals surface area contributed by atoms with Gasteiger partial charge in [0.05, 0.1) is 24.8 Å². The quantitative estimate of drug-likeness (QED) is 0.767. The Morgan fingerprint density at radius 2 is 2.03 bits per heavy atom. The number of amides is 1. The van der Waals surface area contributed by atoms with Crippen molar-refractivity contribution in [3.05, 3.63) is 52.9 Å². The van der Waals surface area contributed by atoms with Crippen LogP contribution < -0.4 is 5.32 Å². The Hall–Kier alpha value is -2.81. The van der Waals surface area contributed by atoms with Gasteiger partial charge in [0, 0.05) is 30.9 Å². The molecule has 1 N–H and O–H groups in total. The topological polar surface area (TPSA) is 76.5 Å². The predicted molar refractivity (Wildman–Crippen MR) is 101 cm³/mol. The molecule has 1 aromatic heterocycles. The number of likely N-dealkylation sites (N-methyl/N-ethyl adjacent to an activating group) is 1. The van der Waals surface area contributed by atoms with Crippen molar-refractivity contribution < 1.29 is 23.1 Å². The van der Waals surface area contributed by atoms with Crippen LogP contribution in [0.4, 0.5) is 8.78 Å². The van der Waals surface area contributed by atoms with Crippen molar-refractivity contribution in [3.8, 4) is 0 Å². The minimum Gasteiger partial charge on any atom is -0.468 e. The standard InChI is InChI=1S/C20H24F2N4O3/c1-11-12(10-25(2)24-11)9-23-19(27)14-8-16(20(28)29-4)26(3)18(14)13-6-5-7-15(21)17(13)22/h5-7,10,14,16,18H,8-9H2,1-4H3,(H,23,27)/t14-,16-,18-/m1/s1. The van der Waals surface area contributed by atoms with Crippen molar-refractivity contribution in [2.75, 3.05) is 14.2 Å². The van der Waals surface area contributed by atoms with Crippen LogP contribution in [0.25, 0.3) is 0 Å². The van der Waals surface area contributed by atoms with Crippen molar-refractivity contribution in [2.24, 2.45) is 13.0 Å². The second-order valence-corrected chi connectivity index (χ2v) is 7.27. The first kappa shape index (κ1) is 20.9. The molecule has 2 heterocycles. The predicted octanol–water partition coefficient (Wildman–Crippen LogP) is 1.86. The number of hydrogen-bond donors (Lipinski definition) is 1. The third-order valence-electron chi connectivity index (χ3n) is 5.47. The molecule has 1 amide bonds. The number of rotatable bonds is 5. The van der Waals surface area contributed by atoms with Gasteiger partial charge in [-0.15, -0.1) is 0 Å². The second kappa shape index (κ2) is 8.28. The summed E-state index contributed by atoms with van der Waals surface area (Å²) in [5, 5.41) is 7.07. The number of carbonyl (C=O) groups is 2. The van der Waals surface area contributed by atoms with E-state index < -0.39 is 35.6 Å². The van der Waals surface area contributed by atoms with E-state index in [1.54, 1.807) is 29.9 Å². The molecule has 156 valence electrons. The number of carbonyl (C=O) groups excluding carboxylic acids is 2. The Bertz CT molecular complexity index is 930. The monoisotopic (exact) mass is 406 g/mol. The highest BCUT2D eigenvalue weighted by atomic mass is 19.2. The van der Waals surface area contributed by atoms with Gasteiger partial charge in [-0.25, -0.2) is 8.78 Å². The number of aromatic nitrogens is 2. The van der Waals surface area contributed by atoms with Gasteiger partial charge in [0.2, 0.25) is 5.91 Å². The van der Waals surface area contributed by atoms with Crippen LogP contribution >= 0.6 is 0 Å². The molecule has 1 saturated heterocycles. The van der Waals surface area contributed by atoms with E-state index in [1.807, 2.05) is 6.92 Å². The number of methoxy groups -OCH3 is 1. The zero-order valence-corrected chi connectivity index (χ0v) is 16.8. The van der Waals surface area contributed by atoms with Crippen LogP contribution in [0.3, 0.4) is 0 Å². The molecular formula is C20H24F2N4O3. The van der Waals surface area contributed by atoms with E-state index in [-0.39, 0.29) is 24.4 Å². The normalized spacial score (nSPS) is 21.9. The second-order valence-electron chi connectivity index (χ2n) is 7.27. The zero-order valence-electron chi connectivity index (χ0n) is 16.8. The lowest BCUT2D eigenvalue weighted by molar-refractivity contribution is -0.145. The maximum absolute atomic E-state index is 14.5. The highest BCUT2D eigenvalue weighted by molar-refractivity contribution is 5.83. The fraction of sp³-hybridized carbons (Fsp3) is 0.450. The van der Waals surface area contributed by atoms with Crippen LogP contribution in [-0.2, 0) is 27.9 Å². The largest absolute Gasteiger partial charge is 0.468 e. The van der Waals surface area contributed by atoms with Gasteiger partial charge >= 0.3 is 5.97 Å². The summed E-state index contributed by atoms with van der Waals surface area (Å²) in [5.74, 6) is -3.64. The molecule has 3 rings (SSSR count). The van der Waals surface area contributed by atoms with Gasteiger partial charge in [-0.05, 0) is 26.5 Å². The zero-order chi connectivity index (χ0) is 21.3. The van der Waals surface area contributed by atoms with Gasteiger partial charge in [-0.1, -0.05) is 12.1 Å². The molecule has 0 spiro atoms. The summed E-state index contributed by atoms with van der Waals surface area (Å²) in [7, 11) is 4.65. The maximum atomic E-state index is 14.5. The Labute approximate surface area is 167 Å². The van der Waals surface area contributed by atoms with Crippen LogP contribution in [0.1, 0.15) is 29.3 Å². The summed E-state index contributed by atoms with van der Waals surface area (Å²) >= 11 is 0. The number of hydrogen-bond acceptors (Lipinski definition) is 5. The summed E-state index contributed by atoms with van der Waals surface area (Å²) in [6.45, 7) is 2.09. The number of nitrogens with zero attached hydrogens (tertiary/aromatic N) is 3. The highest BCUT2D eigenvalue weighted by Crippen LogP contribution is 2.41. The van der Waals surface area contributed by atoms with E-state index in [2.05, 4.69) is 10.4 Å². The van der Waals surface area contributed by atoms with Gasteiger partial charge in [0.25, 0.3) is 0 Å². The van der Waals surface area contributed by atoms with Crippen molar-refractivity contribution in [1.82, 2.24) is 20.0 Å². The highest BCUT2D eigenvalue weighted by Gasteiger charge is 2.48. The average Bonchev–Trinajstić information content (AvgIpc) is 3.20. The molecule has 3 atom stereocenters. The van der Waals surface area contributed by atoms with Gasteiger partial charge < -0.3 is 10.1 Å². The minimum absolute atomic E-state index is 0.0385. The van der Waals surface area contributed by atoms with Crippen molar-refractivity contribution in [1.29, 1.82) is 0 Å². The van der Waals surface area contributed by atoms with E-state index in [0.717, 1.165) is 17.3 Å². The number of aryl methyl sites for hydroxylation is 2. The molecule has 1 aromatic carbocycles. The minimum atomic E-state index is -1.02. The van der Waals surface area contributed by atoms with E-state index in [1.165, 1.54) is 19.2 Å². The lowest BCUT2D eigenvalue weighted by Gasteiger charge is -2.27. The molecule has 1 aliphatic rings. The Morgan fingerprint density at radius 3 is 2.66 bits per heavy atom. The molecule has 0 aliphatic carbocycles. The van der Waals surface area contributed by atoms with E-state index in [9.17, 15) is 18.4 Å². The van der Waals surface area contributed by atoms with Gasteiger partial charge in [0.15, 0.2) is 11.6 Å². The van der Waals surface area contributed by atoms with Gasteiger partial charge in [-0.3, -0.25) is 19.2 Å². The summed E-state index contributed by atoms with van der Waals surface area (Å²) in [6.07, 6.45) is 1.94.